The van der Waals surface area contributed by atoms with Crippen molar-refractivity contribution in [3.8, 4) is 0 Å². The van der Waals surface area contributed by atoms with Crippen molar-refractivity contribution in [2.24, 2.45) is 0 Å². The lowest BCUT2D eigenvalue weighted by atomic mass is 10.1. The van der Waals surface area contributed by atoms with E-state index in [4.69, 9.17) is 5.73 Å². The Labute approximate surface area is 66.6 Å². The van der Waals surface area contributed by atoms with Gasteiger partial charge in [-0.1, -0.05) is 6.07 Å². The fraction of sp³-hybridized carbons (Fsp3) is 0.375. The average Bonchev–Trinajstić information content (AvgIpc) is 2.05. The van der Waals surface area contributed by atoms with E-state index >= 15 is 0 Å². The lowest BCUT2D eigenvalue weighted by Gasteiger charge is -2.08. The van der Waals surface area contributed by atoms with E-state index in [-0.39, 0.29) is 0 Å². The van der Waals surface area contributed by atoms with Crippen molar-refractivity contribution in [1.82, 2.24) is 10.3 Å². The number of nitrogens with two attached hydrogens (primary N) is 1. The minimum absolute atomic E-state index is 0.336. The second-order valence-corrected chi connectivity index (χ2v) is 2.53. The third-order valence-corrected chi connectivity index (χ3v) is 1.74. The molecule has 1 heterocycles. The number of nitrogen functional groups attached to an aromatic ring is 1. The van der Waals surface area contributed by atoms with Crippen LogP contribution in [0.3, 0.4) is 0 Å². The zero-order chi connectivity index (χ0) is 8.27. The first-order valence-electron chi connectivity index (χ1n) is 3.62. The second-order valence-electron chi connectivity index (χ2n) is 2.53. The van der Waals surface area contributed by atoms with Crippen LogP contribution >= 0.6 is 0 Å². The van der Waals surface area contributed by atoms with Crippen LogP contribution in [0.15, 0.2) is 18.3 Å². The lowest BCUT2D eigenvalue weighted by molar-refractivity contribution is 0.650. The van der Waals surface area contributed by atoms with Crippen molar-refractivity contribution in [3.05, 3.63) is 23.9 Å². The predicted octanol–water partition coefficient (Wildman–Crippen LogP) is 0.944. The molecular formula is C8H13N3. The van der Waals surface area contributed by atoms with Gasteiger partial charge in [0.25, 0.3) is 0 Å². The molecule has 1 aromatic heterocycles. The van der Waals surface area contributed by atoms with E-state index in [0.717, 1.165) is 5.56 Å². The zero-order valence-corrected chi connectivity index (χ0v) is 6.83. The molecule has 0 aromatic carbocycles. The number of rotatable bonds is 2. The summed E-state index contributed by atoms with van der Waals surface area (Å²) in [6.45, 7) is 2.08. The standard InChI is InChI=1S/C8H13N3/c1-6(10-2)7-3-4-8(9)11-5-7/h3-6,10H,1-2H3,(H2,9,11)/t6-/m0/s1. The van der Waals surface area contributed by atoms with Crippen LogP contribution in [-0.4, -0.2) is 12.0 Å². The summed E-state index contributed by atoms with van der Waals surface area (Å²) in [5.41, 5.74) is 6.59. The normalized spacial score (nSPS) is 12.9. The summed E-state index contributed by atoms with van der Waals surface area (Å²) >= 11 is 0. The van der Waals surface area contributed by atoms with Gasteiger partial charge in [-0.2, -0.15) is 0 Å². The smallest absolute Gasteiger partial charge is 0.123 e. The van der Waals surface area contributed by atoms with E-state index in [9.17, 15) is 0 Å². The molecule has 0 spiro atoms. The molecule has 3 N–H and O–H groups in total. The maximum atomic E-state index is 5.44. The van der Waals surface area contributed by atoms with E-state index < -0.39 is 0 Å². The molecule has 0 saturated carbocycles. The maximum absolute atomic E-state index is 5.44. The highest BCUT2D eigenvalue weighted by Crippen LogP contribution is 2.10. The van der Waals surface area contributed by atoms with E-state index in [2.05, 4.69) is 17.2 Å². The second kappa shape index (κ2) is 3.34. The molecule has 0 radical (unpaired) electrons. The molecule has 3 heteroatoms. The van der Waals surface area contributed by atoms with E-state index in [0.29, 0.717) is 11.9 Å². The monoisotopic (exact) mass is 151 g/mol. The fourth-order valence-electron chi connectivity index (χ4n) is 0.840. The largest absolute Gasteiger partial charge is 0.384 e. The number of anilines is 1. The summed E-state index contributed by atoms with van der Waals surface area (Å²) in [5, 5.41) is 3.12. The first-order chi connectivity index (χ1) is 5.24. The van der Waals surface area contributed by atoms with Gasteiger partial charge >= 0.3 is 0 Å². The molecule has 11 heavy (non-hydrogen) atoms. The molecule has 1 aromatic rings. The zero-order valence-electron chi connectivity index (χ0n) is 6.83. The van der Waals surface area contributed by atoms with Crippen LogP contribution in [0.1, 0.15) is 18.5 Å². The summed E-state index contributed by atoms with van der Waals surface area (Å²) in [6.07, 6.45) is 1.79. The SMILES string of the molecule is CN[C@@H](C)c1ccc(N)nc1. The molecule has 1 atom stereocenters. The van der Waals surface area contributed by atoms with Crippen LogP contribution in [-0.2, 0) is 0 Å². The van der Waals surface area contributed by atoms with Gasteiger partial charge in [-0.25, -0.2) is 4.98 Å². The maximum Gasteiger partial charge on any atom is 0.123 e. The van der Waals surface area contributed by atoms with Crippen LogP contribution < -0.4 is 11.1 Å². The molecular weight excluding hydrogens is 138 g/mol. The number of aromatic nitrogens is 1. The molecule has 0 unspecified atom stereocenters. The molecule has 60 valence electrons. The minimum atomic E-state index is 0.336. The first-order valence-corrected chi connectivity index (χ1v) is 3.62. The average molecular weight is 151 g/mol. The summed E-state index contributed by atoms with van der Waals surface area (Å²) in [6, 6.07) is 4.12. The van der Waals surface area contributed by atoms with Crippen LogP contribution in [0.2, 0.25) is 0 Å². The van der Waals surface area contributed by atoms with Crippen LogP contribution in [0, 0.1) is 0 Å². The van der Waals surface area contributed by atoms with E-state index in [1.165, 1.54) is 0 Å². The number of nitrogens with one attached hydrogen (secondary N) is 1. The third kappa shape index (κ3) is 1.91. The van der Waals surface area contributed by atoms with Gasteiger partial charge in [-0.15, -0.1) is 0 Å². The summed E-state index contributed by atoms with van der Waals surface area (Å²) in [5.74, 6) is 0.567. The van der Waals surface area contributed by atoms with Gasteiger partial charge in [0, 0.05) is 12.2 Å². The molecule has 3 nitrogen and oxygen atoms in total. The number of hydrogen-bond donors (Lipinski definition) is 2. The number of hydrogen-bond acceptors (Lipinski definition) is 3. The highest BCUT2D eigenvalue weighted by molar-refractivity contribution is 5.30. The van der Waals surface area contributed by atoms with Crippen molar-refractivity contribution < 1.29 is 0 Å². The van der Waals surface area contributed by atoms with Gasteiger partial charge in [-0.3, -0.25) is 0 Å². The van der Waals surface area contributed by atoms with Crippen molar-refractivity contribution in [1.29, 1.82) is 0 Å². The van der Waals surface area contributed by atoms with E-state index in [1.54, 1.807) is 6.20 Å². The Bertz CT molecular complexity index is 217. The predicted molar refractivity (Wildman–Crippen MR) is 46.1 cm³/mol. The molecule has 0 aliphatic carbocycles. The van der Waals surface area contributed by atoms with Crippen molar-refractivity contribution in [2.45, 2.75) is 13.0 Å². The van der Waals surface area contributed by atoms with Crippen molar-refractivity contribution >= 4 is 5.82 Å². The Morgan fingerprint density at radius 1 is 1.55 bits per heavy atom. The molecule has 0 bridgehead atoms. The summed E-state index contributed by atoms with van der Waals surface area (Å²) in [4.78, 5) is 3.99. The Balaban J connectivity index is 2.81. The Kier molecular flexibility index (Phi) is 2.44. The summed E-state index contributed by atoms with van der Waals surface area (Å²) in [7, 11) is 1.92. The molecule has 0 aliphatic rings. The quantitative estimate of drug-likeness (QED) is 0.661. The minimum Gasteiger partial charge on any atom is -0.384 e. The molecule has 0 amide bonds. The van der Waals surface area contributed by atoms with Gasteiger partial charge in [0.2, 0.25) is 0 Å². The molecule has 0 aliphatic heterocycles. The van der Waals surface area contributed by atoms with Crippen LogP contribution in [0.25, 0.3) is 0 Å². The van der Waals surface area contributed by atoms with Crippen molar-refractivity contribution in [3.63, 3.8) is 0 Å². The van der Waals surface area contributed by atoms with Crippen molar-refractivity contribution in [2.75, 3.05) is 12.8 Å². The topological polar surface area (TPSA) is 50.9 Å². The third-order valence-electron chi connectivity index (χ3n) is 1.74. The molecule has 1 rings (SSSR count). The van der Waals surface area contributed by atoms with Gasteiger partial charge in [0.05, 0.1) is 0 Å². The fourth-order valence-corrected chi connectivity index (χ4v) is 0.840. The van der Waals surface area contributed by atoms with Gasteiger partial charge in [0.1, 0.15) is 5.82 Å². The van der Waals surface area contributed by atoms with E-state index in [1.807, 2.05) is 19.2 Å². The van der Waals surface area contributed by atoms with Crippen LogP contribution in [0.4, 0.5) is 5.82 Å². The van der Waals surface area contributed by atoms with Gasteiger partial charge in [-0.05, 0) is 25.6 Å². The highest BCUT2D eigenvalue weighted by atomic mass is 14.9. The Morgan fingerprint density at radius 3 is 2.73 bits per heavy atom. The number of pyridine rings is 1. The Hall–Kier alpha value is -1.09. The summed E-state index contributed by atoms with van der Waals surface area (Å²) < 4.78 is 0. The Morgan fingerprint density at radius 2 is 2.27 bits per heavy atom. The van der Waals surface area contributed by atoms with Crippen LogP contribution in [0.5, 0.6) is 0 Å². The highest BCUT2D eigenvalue weighted by Gasteiger charge is 2.00. The lowest BCUT2D eigenvalue weighted by Crippen LogP contribution is -2.12. The molecule has 0 saturated heterocycles. The first kappa shape index (κ1) is 8.01. The number of nitrogens with zero attached hydrogens (tertiary/aromatic N) is 1. The van der Waals surface area contributed by atoms with Gasteiger partial charge in [0.15, 0.2) is 0 Å². The molecule has 0 fully saturated rings. The van der Waals surface area contributed by atoms with Gasteiger partial charge < -0.3 is 11.1 Å².